The van der Waals surface area contributed by atoms with Gasteiger partial charge in [0.25, 0.3) is 16.0 Å². The first-order chi connectivity index (χ1) is 26.8. The molecule has 5 aliphatic heterocycles. The number of carbonyl (C=O) groups excluding carboxylic acids is 1. The minimum absolute atomic E-state index is 0.00331. The molecule has 4 fully saturated rings. The van der Waals surface area contributed by atoms with Crippen LogP contribution in [-0.2, 0) is 19.1 Å². The summed E-state index contributed by atoms with van der Waals surface area (Å²) in [6.07, 6.45) is 6.53. The van der Waals surface area contributed by atoms with E-state index in [9.17, 15) is 22.7 Å². The standard InChI is InChI=1S/C39H39F3N6O7S/c1-4-25-27(41)9-7-21-13-24(49)14-26(30(21)25)33-32(42)34-31-35(45-38(44-34)54-19-39-11-6-12-46(39)16-22(40)15-39)47-17-23-8-10-28(29(47)18-53-36(31)43-33)48(23)37(50)20(3)55-56(51,52)5-2/h1,7,9,13-14,20,22-23,28-29,49H,5-6,8,10-12,15-19H2,2-3H3/t20-,22-,23-,28+,29?,39+/m1/s1. The highest BCUT2D eigenvalue weighted by molar-refractivity contribution is 7.86. The molecule has 4 aromatic rings. The summed E-state index contributed by atoms with van der Waals surface area (Å²) in [5.41, 5.74) is -1.24. The number of hydrogen-bond donors (Lipinski definition) is 1. The van der Waals surface area contributed by atoms with Crippen LogP contribution < -0.4 is 14.4 Å². The van der Waals surface area contributed by atoms with Crippen LogP contribution in [0.25, 0.3) is 32.9 Å². The second-order valence-corrected chi connectivity index (χ2v) is 17.2. The Morgan fingerprint density at radius 3 is 2.77 bits per heavy atom. The van der Waals surface area contributed by atoms with E-state index in [4.69, 9.17) is 25.1 Å². The average molecular weight is 793 g/mol. The number of hydrogen-bond acceptors (Lipinski definition) is 12. The normalized spacial score (nSPS) is 26.1. The number of nitrogens with zero attached hydrogens (tertiary/aromatic N) is 6. The minimum atomic E-state index is -3.92. The van der Waals surface area contributed by atoms with E-state index in [-0.39, 0.29) is 94.5 Å². The maximum atomic E-state index is 17.3. The number of phenols is 1. The Balaban J connectivity index is 1.18. The Bertz CT molecular complexity index is 2470. The molecule has 294 valence electrons. The molecule has 2 aromatic heterocycles. The van der Waals surface area contributed by atoms with Gasteiger partial charge in [-0.3, -0.25) is 13.9 Å². The van der Waals surface area contributed by atoms with Crippen LogP contribution in [0.15, 0.2) is 24.3 Å². The number of terminal acetylenes is 1. The number of rotatable bonds is 8. The van der Waals surface area contributed by atoms with Crippen LogP contribution in [0.4, 0.5) is 19.0 Å². The zero-order valence-corrected chi connectivity index (χ0v) is 31.5. The summed E-state index contributed by atoms with van der Waals surface area (Å²) in [7, 11) is -3.92. The van der Waals surface area contributed by atoms with E-state index < -0.39 is 57.6 Å². The molecule has 5 aliphatic rings. The Kier molecular flexibility index (Phi) is 8.75. The van der Waals surface area contributed by atoms with Gasteiger partial charge < -0.3 is 24.4 Å². The van der Waals surface area contributed by atoms with Crippen LogP contribution >= 0.6 is 0 Å². The fourth-order valence-corrected chi connectivity index (χ4v) is 10.2. The summed E-state index contributed by atoms with van der Waals surface area (Å²) in [6, 6.07) is 3.68. The number of amides is 1. The predicted molar refractivity (Wildman–Crippen MR) is 199 cm³/mol. The maximum absolute atomic E-state index is 17.3. The van der Waals surface area contributed by atoms with E-state index in [0.717, 1.165) is 19.4 Å². The number of ether oxygens (including phenoxy) is 2. The van der Waals surface area contributed by atoms with Crippen LogP contribution in [0, 0.1) is 24.0 Å². The number of phenolic OH excluding ortho intramolecular Hbond substituents is 1. The van der Waals surface area contributed by atoms with Crippen molar-refractivity contribution >= 4 is 43.5 Å². The zero-order valence-electron chi connectivity index (χ0n) is 30.7. The van der Waals surface area contributed by atoms with Gasteiger partial charge in [0, 0.05) is 36.5 Å². The van der Waals surface area contributed by atoms with Crippen molar-refractivity contribution in [3.8, 4) is 41.2 Å². The lowest BCUT2D eigenvalue weighted by Crippen LogP contribution is -2.64. The number of benzene rings is 2. The van der Waals surface area contributed by atoms with E-state index in [1.165, 1.54) is 38.1 Å². The number of pyridine rings is 1. The van der Waals surface area contributed by atoms with E-state index in [1.54, 1.807) is 4.90 Å². The van der Waals surface area contributed by atoms with Gasteiger partial charge in [-0.1, -0.05) is 12.0 Å². The molecule has 7 heterocycles. The maximum Gasteiger partial charge on any atom is 0.319 e. The second kappa shape index (κ2) is 13.3. The number of carbonyl (C=O) groups is 1. The number of fused-ring (bicyclic) bond motifs is 7. The van der Waals surface area contributed by atoms with Crippen LogP contribution in [0.1, 0.15) is 51.5 Å². The van der Waals surface area contributed by atoms with Gasteiger partial charge in [0.2, 0.25) is 5.88 Å². The first-order valence-electron chi connectivity index (χ1n) is 18.8. The van der Waals surface area contributed by atoms with E-state index >= 15 is 8.78 Å². The Labute approximate surface area is 320 Å². The molecule has 0 spiro atoms. The molecule has 9 rings (SSSR count). The lowest BCUT2D eigenvalue weighted by atomic mass is 9.95. The SMILES string of the molecule is C#Cc1c(F)ccc2cc(O)cc(-c3nc4c5c(nc(OC[C@@]67CCCN6C[C@H](F)C7)nc5c3F)N3C[C@H]5CC[C@@H](C3CO4)N5C(=O)[C@@H](C)OS(=O)(=O)CC)c12. The molecule has 0 radical (unpaired) electrons. The summed E-state index contributed by atoms with van der Waals surface area (Å²) in [5.74, 6) is -0.0900. The zero-order chi connectivity index (χ0) is 39.3. The number of anilines is 1. The van der Waals surface area contributed by atoms with E-state index in [2.05, 4.69) is 20.8 Å². The summed E-state index contributed by atoms with van der Waals surface area (Å²) >= 11 is 0. The smallest absolute Gasteiger partial charge is 0.319 e. The number of aromatic nitrogens is 3. The molecule has 2 aromatic carbocycles. The molecule has 13 nitrogen and oxygen atoms in total. The summed E-state index contributed by atoms with van der Waals surface area (Å²) in [4.78, 5) is 33.6. The predicted octanol–water partition coefficient (Wildman–Crippen LogP) is 4.46. The fourth-order valence-electron chi connectivity index (χ4n) is 9.59. The third kappa shape index (κ3) is 5.78. The van der Waals surface area contributed by atoms with Gasteiger partial charge in [-0.15, -0.1) is 6.42 Å². The highest BCUT2D eigenvalue weighted by Gasteiger charge is 2.52. The number of piperazine rings is 1. The molecule has 1 unspecified atom stereocenters. The number of alkyl halides is 1. The molecule has 2 bridgehead atoms. The van der Waals surface area contributed by atoms with Crippen molar-refractivity contribution in [3.63, 3.8) is 0 Å². The van der Waals surface area contributed by atoms with Gasteiger partial charge in [-0.05, 0) is 69.7 Å². The summed E-state index contributed by atoms with van der Waals surface area (Å²) in [6.45, 7) is 4.15. The molecule has 6 atom stereocenters. The summed E-state index contributed by atoms with van der Waals surface area (Å²) in [5, 5.41) is 11.4. The molecule has 56 heavy (non-hydrogen) atoms. The molecule has 1 N–H and O–H groups in total. The van der Waals surface area contributed by atoms with Crippen LogP contribution in [-0.4, -0.2) is 119 Å². The Morgan fingerprint density at radius 1 is 1.16 bits per heavy atom. The second-order valence-electron chi connectivity index (χ2n) is 15.3. The van der Waals surface area contributed by atoms with Gasteiger partial charge in [0.05, 0.1) is 28.9 Å². The van der Waals surface area contributed by atoms with Gasteiger partial charge in [-0.2, -0.15) is 18.4 Å². The van der Waals surface area contributed by atoms with Gasteiger partial charge in [0.15, 0.2) is 11.9 Å². The van der Waals surface area contributed by atoms with Crippen molar-refractivity contribution < 1.29 is 45.1 Å². The number of aromatic hydroxyl groups is 1. The monoisotopic (exact) mass is 792 g/mol. The Hall–Kier alpha value is -4.92. The molecular formula is C39H39F3N6O7S. The highest BCUT2D eigenvalue weighted by Crippen LogP contribution is 2.47. The van der Waals surface area contributed by atoms with Gasteiger partial charge in [0.1, 0.15) is 53.4 Å². The van der Waals surface area contributed by atoms with Gasteiger partial charge >= 0.3 is 6.01 Å². The molecular weight excluding hydrogens is 754 g/mol. The first-order valence-corrected chi connectivity index (χ1v) is 20.4. The third-order valence-corrected chi connectivity index (χ3v) is 13.4. The molecule has 4 saturated heterocycles. The van der Waals surface area contributed by atoms with Gasteiger partial charge in [-0.25, -0.2) is 18.2 Å². The summed E-state index contributed by atoms with van der Waals surface area (Å²) < 4.78 is 89.6. The highest BCUT2D eigenvalue weighted by atomic mass is 32.2. The average Bonchev–Trinajstić information content (AvgIpc) is 3.77. The van der Waals surface area contributed by atoms with Crippen molar-refractivity contribution in [1.29, 1.82) is 0 Å². The van der Waals surface area contributed by atoms with Crippen LogP contribution in [0.3, 0.4) is 0 Å². The van der Waals surface area contributed by atoms with Crippen molar-refractivity contribution in [3.05, 3.63) is 41.5 Å². The van der Waals surface area contributed by atoms with Crippen molar-refractivity contribution in [2.24, 2.45) is 0 Å². The largest absolute Gasteiger partial charge is 0.508 e. The fraction of sp³-hybridized carbons (Fsp3) is 0.487. The third-order valence-electron chi connectivity index (χ3n) is 12.1. The first kappa shape index (κ1) is 36.7. The van der Waals surface area contributed by atoms with Crippen molar-refractivity contribution in [1.82, 2.24) is 24.8 Å². The van der Waals surface area contributed by atoms with Crippen LogP contribution in [0.2, 0.25) is 0 Å². The van der Waals surface area contributed by atoms with E-state index in [0.29, 0.717) is 24.8 Å². The number of halogens is 3. The molecule has 0 aliphatic carbocycles. The van der Waals surface area contributed by atoms with Crippen molar-refractivity contribution in [2.75, 3.05) is 43.5 Å². The van der Waals surface area contributed by atoms with Crippen LogP contribution in [0.5, 0.6) is 17.6 Å². The minimum Gasteiger partial charge on any atom is -0.508 e. The molecule has 1 amide bonds. The molecule has 17 heteroatoms. The lowest BCUT2D eigenvalue weighted by Gasteiger charge is -2.47. The van der Waals surface area contributed by atoms with E-state index in [1.807, 2.05) is 4.90 Å². The molecule has 0 saturated carbocycles. The Morgan fingerprint density at radius 2 is 1.98 bits per heavy atom. The quantitative estimate of drug-likeness (QED) is 0.199. The van der Waals surface area contributed by atoms with Crippen molar-refractivity contribution in [2.45, 2.75) is 81.9 Å². The lowest BCUT2D eigenvalue weighted by molar-refractivity contribution is -0.142. The topological polar surface area (TPSA) is 148 Å².